The zero-order valence-corrected chi connectivity index (χ0v) is 14.2. The summed E-state index contributed by atoms with van der Waals surface area (Å²) in [6.07, 6.45) is 1.41. The van der Waals surface area contributed by atoms with Gasteiger partial charge in [-0.05, 0) is 36.8 Å². The number of benzene rings is 2. The Morgan fingerprint density at radius 1 is 1.23 bits per heavy atom. The minimum absolute atomic E-state index is 0.153. The van der Waals surface area contributed by atoms with E-state index in [-0.39, 0.29) is 18.2 Å². The van der Waals surface area contributed by atoms with Gasteiger partial charge in [0.05, 0.1) is 17.6 Å². The standard InChI is InChI=1S/C20H17N3O3/c1-12-20(25)23-16-11-15(7-8-17(16)26-12)22-18(24)10-14-5-2-4-13-6-3-9-21-19(13)14/h2-9,11-12H,10H2,1H3,(H,22,24)(H,23,25). The highest BCUT2D eigenvalue weighted by Gasteiger charge is 2.23. The molecule has 1 aliphatic rings. The summed E-state index contributed by atoms with van der Waals surface area (Å²) >= 11 is 0. The molecule has 6 nitrogen and oxygen atoms in total. The Labute approximate surface area is 150 Å². The Morgan fingerprint density at radius 2 is 2.08 bits per heavy atom. The number of pyridine rings is 1. The third-order valence-corrected chi connectivity index (χ3v) is 4.26. The molecule has 0 radical (unpaired) electrons. The zero-order chi connectivity index (χ0) is 18.1. The smallest absolute Gasteiger partial charge is 0.265 e. The van der Waals surface area contributed by atoms with Gasteiger partial charge in [0.15, 0.2) is 6.10 Å². The number of amides is 2. The van der Waals surface area contributed by atoms with E-state index in [0.29, 0.717) is 17.1 Å². The molecule has 0 bridgehead atoms. The molecule has 6 heteroatoms. The van der Waals surface area contributed by atoms with E-state index in [4.69, 9.17) is 4.74 Å². The molecule has 3 aromatic rings. The van der Waals surface area contributed by atoms with Gasteiger partial charge in [-0.25, -0.2) is 0 Å². The van der Waals surface area contributed by atoms with Crippen molar-refractivity contribution in [2.45, 2.75) is 19.4 Å². The second kappa shape index (κ2) is 6.48. The van der Waals surface area contributed by atoms with Crippen molar-refractivity contribution in [1.29, 1.82) is 0 Å². The van der Waals surface area contributed by atoms with Gasteiger partial charge in [-0.2, -0.15) is 0 Å². The van der Waals surface area contributed by atoms with Crippen LogP contribution in [0.15, 0.2) is 54.7 Å². The molecule has 1 unspecified atom stereocenters. The molecule has 0 fully saturated rings. The number of ether oxygens (including phenoxy) is 1. The number of anilines is 2. The monoisotopic (exact) mass is 347 g/mol. The Bertz CT molecular complexity index is 1010. The highest BCUT2D eigenvalue weighted by atomic mass is 16.5. The number of aromatic nitrogens is 1. The van der Waals surface area contributed by atoms with Crippen LogP contribution < -0.4 is 15.4 Å². The zero-order valence-electron chi connectivity index (χ0n) is 14.2. The van der Waals surface area contributed by atoms with Crippen molar-refractivity contribution in [3.63, 3.8) is 0 Å². The SMILES string of the molecule is CC1Oc2ccc(NC(=O)Cc3cccc4cccnc34)cc2NC1=O. The molecular weight excluding hydrogens is 330 g/mol. The van der Waals surface area contributed by atoms with Crippen molar-refractivity contribution in [2.75, 3.05) is 10.6 Å². The van der Waals surface area contributed by atoms with E-state index < -0.39 is 6.10 Å². The van der Waals surface area contributed by atoms with Gasteiger partial charge in [0, 0.05) is 17.3 Å². The average molecular weight is 347 g/mol. The molecule has 1 atom stereocenters. The molecule has 2 aromatic carbocycles. The van der Waals surface area contributed by atoms with Crippen molar-refractivity contribution >= 4 is 34.1 Å². The van der Waals surface area contributed by atoms with Gasteiger partial charge in [-0.1, -0.05) is 24.3 Å². The summed E-state index contributed by atoms with van der Waals surface area (Å²) in [4.78, 5) is 28.5. The Balaban J connectivity index is 1.52. The van der Waals surface area contributed by atoms with Crippen molar-refractivity contribution in [3.8, 4) is 5.75 Å². The first-order valence-corrected chi connectivity index (χ1v) is 8.34. The van der Waals surface area contributed by atoms with E-state index in [1.54, 1.807) is 31.3 Å². The summed E-state index contributed by atoms with van der Waals surface area (Å²) in [6.45, 7) is 1.69. The quantitative estimate of drug-likeness (QED) is 0.763. The van der Waals surface area contributed by atoms with E-state index in [1.807, 2.05) is 30.3 Å². The molecule has 1 aliphatic heterocycles. The third kappa shape index (κ3) is 3.09. The number of nitrogens with zero attached hydrogens (tertiary/aromatic N) is 1. The van der Waals surface area contributed by atoms with Crippen LogP contribution in [0, 0.1) is 0 Å². The Hall–Kier alpha value is -3.41. The molecule has 2 N–H and O–H groups in total. The number of para-hydroxylation sites is 1. The van der Waals surface area contributed by atoms with Gasteiger partial charge < -0.3 is 15.4 Å². The van der Waals surface area contributed by atoms with E-state index >= 15 is 0 Å². The second-order valence-electron chi connectivity index (χ2n) is 6.18. The molecule has 26 heavy (non-hydrogen) atoms. The maximum Gasteiger partial charge on any atom is 0.265 e. The maximum atomic E-state index is 12.5. The van der Waals surface area contributed by atoms with Crippen molar-refractivity contribution in [2.24, 2.45) is 0 Å². The molecule has 4 rings (SSSR count). The highest BCUT2D eigenvalue weighted by molar-refractivity contribution is 6.00. The molecule has 130 valence electrons. The molecule has 1 aromatic heterocycles. The molecule has 2 heterocycles. The van der Waals surface area contributed by atoms with Gasteiger partial charge in [0.2, 0.25) is 5.91 Å². The lowest BCUT2D eigenvalue weighted by Gasteiger charge is -2.23. The number of hydrogen-bond donors (Lipinski definition) is 2. The first-order valence-electron chi connectivity index (χ1n) is 8.34. The van der Waals surface area contributed by atoms with Crippen molar-refractivity contribution in [1.82, 2.24) is 4.98 Å². The first kappa shape index (κ1) is 16.1. The number of hydrogen-bond acceptors (Lipinski definition) is 4. The molecule has 0 spiro atoms. The molecule has 0 aliphatic carbocycles. The summed E-state index contributed by atoms with van der Waals surface area (Å²) in [5.74, 6) is 0.232. The predicted octanol–water partition coefficient (Wildman–Crippen LogP) is 3.14. The first-order chi connectivity index (χ1) is 12.6. The Morgan fingerprint density at radius 3 is 2.96 bits per heavy atom. The highest BCUT2D eigenvalue weighted by Crippen LogP contribution is 2.32. The third-order valence-electron chi connectivity index (χ3n) is 4.26. The van der Waals surface area contributed by atoms with Gasteiger partial charge in [-0.15, -0.1) is 0 Å². The topological polar surface area (TPSA) is 80.3 Å². The minimum atomic E-state index is -0.526. The van der Waals surface area contributed by atoms with E-state index in [9.17, 15) is 9.59 Å². The van der Waals surface area contributed by atoms with Gasteiger partial charge in [-0.3, -0.25) is 14.6 Å². The molecular formula is C20H17N3O3. The van der Waals surface area contributed by atoms with Gasteiger partial charge >= 0.3 is 0 Å². The van der Waals surface area contributed by atoms with Crippen LogP contribution in [0.5, 0.6) is 5.75 Å². The number of nitrogens with one attached hydrogen (secondary N) is 2. The molecule has 0 saturated carbocycles. The van der Waals surface area contributed by atoms with E-state index in [1.165, 1.54) is 0 Å². The fourth-order valence-corrected chi connectivity index (χ4v) is 2.97. The lowest BCUT2D eigenvalue weighted by atomic mass is 10.1. The molecule has 2 amide bonds. The fraction of sp³-hybridized carbons (Fsp3) is 0.150. The lowest BCUT2D eigenvalue weighted by molar-refractivity contribution is -0.122. The van der Waals surface area contributed by atoms with Crippen LogP contribution in [-0.2, 0) is 16.0 Å². The summed E-state index contributed by atoms with van der Waals surface area (Å²) in [5.41, 5.74) is 2.84. The van der Waals surface area contributed by atoms with Crippen LogP contribution in [0.1, 0.15) is 12.5 Å². The van der Waals surface area contributed by atoms with Gasteiger partial charge in [0.1, 0.15) is 5.75 Å². The number of fused-ring (bicyclic) bond motifs is 2. The number of carbonyl (C=O) groups excluding carboxylic acids is 2. The lowest BCUT2D eigenvalue weighted by Crippen LogP contribution is -2.34. The summed E-state index contributed by atoms with van der Waals surface area (Å²) in [5, 5.41) is 6.63. The minimum Gasteiger partial charge on any atom is -0.479 e. The van der Waals surface area contributed by atoms with Crippen LogP contribution >= 0.6 is 0 Å². The van der Waals surface area contributed by atoms with E-state index in [0.717, 1.165) is 16.5 Å². The van der Waals surface area contributed by atoms with E-state index in [2.05, 4.69) is 15.6 Å². The number of rotatable bonds is 3. The van der Waals surface area contributed by atoms with Gasteiger partial charge in [0.25, 0.3) is 5.91 Å². The fourth-order valence-electron chi connectivity index (χ4n) is 2.97. The average Bonchev–Trinajstić information content (AvgIpc) is 2.63. The summed E-state index contributed by atoms with van der Waals surface area (Å²) in [7, 11) is 0. The normalized spacial score (nSPS) is 15.7. The predicted molar refractivity (Wildman–Crippen MR) is 99.2 cm³/mol. The van der Waals surface area contributed by atoms with Crippen molar-refractivity contribution in [3.05, 3.63) is 60.3 Å². The second-order valence-corrected chi connectivity index (χ2v) is 6.18. The van der Waals surface area contributed by atoms with Crippen LogP contribution in [-0.4, -0.2) is 22.9 Å². The number of carbonyl (C=O) groups is 2. The summed E-state index contributed by atoms with van der Waals surface area (Å²) < 4.78 is 5.51. The van der Waals surface area contributed by atoms with Crippen LogP contribution in [0.3, 0.4) is 0 Å². The van der Waals surface area contributed by atoms with Crippen molar-refractivity contribution < 1.29 is 14.3 Å². The van der Waals surface area contributed by atoms with Crippen LogP contribution in [0.4, 0.5) is 11.4 Å². The van der Waals surface area contributed by atoms with Crippen LogP contribution in [0.25, 0.3) is 10.9 Å². The largest absolute Gasteiger partial charge is 0.479 e. The Kier molecular flexibility index (Phi) is 4.01. The molecule has 0 saturated heterocycles. The maximum absolute atomic E-state index is 12.5. The van der Waals surface area contributed by atoms with Crippen LogP contribution in [0.2, 0.25) is 0 Å². The summed E-state index contributed by atoms with van der Waals surface area (Å²) in [6, 6.07) is 14.8.